The summed E-state index contributed by atoms with van der Waals surface area (Å²) in [6.45, 7) is 3.86. The van der Waals surface area contributed by atoms with Crippen LogP contribution in [0.25, 0.3) is 0 Å². The Morgan fingerprint density at radius 2 is 1.88 bits per heavy atom. The molecule has 0 spiro atoms. The molecule has 6 nitrogen and oxygen atoms in total. The van der Waals surface area contributed by atoms with Crippen molar-refractivity contribution < 1.29 is 14.3 Å². The Kier molecular flexibility index (Phi) is 7.32. The lowest BCUT2D eigenvalue weighted by Gasteiger charge is -2.36. The van der Waals surface area contributed by atoms with Crippen LogP contribution in [0.15, 0.2) is 0 Å². The normalized spacial score (nSPS) is 28.8. The first-order valence-corrected chi connectivity index (χ1v) is 9.09. The maximum Gasteiger partial charge on any atom is 0.251 e. The standard InChI is InChI=1S/C17H29N3O3.ClH/c18-11-14-4-5-15(23-14)17(22)19-9-6-13(7-10-19)12-20-8-2-1-3-16(20)21;/h13-15H,1-12,18H2;1H/t14-,15+;/m1./s1. The van der Waals surface area contributed by atoms with Gasteiger partial charge in [-0.05, 0) is 44.4 Å². The van der Waals surface area contributed by atoms with Crippen LogP contribution in [0.1, 0.15) is 44.9 Å². The maximum absolute atomic E-state index is 12.5. The zero-order valence-corrected chi connectivity index (χ0v) is 15.1. The molecule has 0 aromatic heterocycles. The van der Waals surface area contributed by atoms with Crippen molar-refractivity contribution >= 4 is 24.2 Å². The van der Waals surface area contributed by atoms with E-state index in [1.165, 1.54) is 0 Å². The van der Waals surface area contributed by atoms with Gasteiger partial charge >= 0.3 is 0 Å². The van der Waals surface area contributed by atoms with Gasteiger partial charge in [-0.3, -0.25) is 9.59 Å². The molecule has 138 valence electrons. The minimum absolute atomic E-state index is 0. The Bertz CT molecular complexity index is 441. The minimum Gasteiger partial charge on any atom is -0.364 e. The van der Waals surface area contributed by atoms with Gasteiger partial charge in [0.1, 0.15) is 6.10 Å². The van der Waals surface area contributed by atoms with Gasteiger partial charge in [0.05, 0.1) is 6.10 Å². The Morgan fingerprint density at radius 1 is 1.12 bits per heavy atom. The zero-order valence-electron chi connectivity index (χ0n) is 14.3. The quantitative estimate of drug-likeness (QED) is 0.817. The molecule has 3 fully saturated rings. The third-order valence-corrected chi connectivity index (χ3v) is 5.47. The number of likely N-dealkylation sites (tertiary alicyclic amines) is 2. The SMILES string of the molecule is Cl.NC[C@H]1CC[C@@H](C(=O)N2CCC(CN3CCCCC3=O)CC2)O1. The number of ether oxygens (including phenoxy) is 1. The molecular weight excluding hydrogens is 330 g/mol. The van der Waals surface area contributed by atoms with Crippen LogP contribution in [0.3, 0.4) is 0 Å². The molecule has 0 unspecified atom stereocenters. The summed E-state index contributed by atoms with van der Waals surface area (Å²) in [6.07, 6.45) is 6.29. The van der Waals surface area contributed by atoms with Crippen LogP contribution >= 0.6 is 12.4 Å². The van der Waals surface area contributed by atoms with E-state index >= 15 is 0 Å². The van der Waals surface area contributed by atoms with Crippen molar-refractivity contribution in [1.82, 2.24) is 9.80 Å². The van der Waals surface area contributed by atoms with Crippen LogP contribution in [0.2, 0.25) is 0 Å². The first kappa shape index (κ1) is 19.5. The fourth-order valence-corrected chi connectivity index (χ4v) is 3.97. The van der Waals surface area contributed by atoms with E-state index in [0.717, 1.165) is 64.7 Å². The van der Waals surface area contributed by atoms with Gasteiger partial charge in [0.15, 0.2) is 0 Å². The van der Waals surface area contributed by atoms with E-state index in [0.29, 0.717) is 24.8 Å². The van der Waals surface area contributed by atoms with E-state index in [9.17, 15) is 9.59 Å². The van der Waals surface area contributed by atoms with Gasteiger partial charge in [-0.1, -0.05) is 0 Å². The number of nitrogens with two attached hydrogens (primary N) is 1. The van der Waals surface area contributed by atoms with Crippen LogP contribution in [0, 0.1) is 5.92 Å². The summed E-state index contributed by atoms with van der Waals surface area (Å²) in [7, 11) is 0. The molecule has 3 rings (SSSR count). The molecule has 0 aliphatic carbocycles. The molecule has 2 N–H and O–H groups in total. The van der Waals surface area contributed by atoms with Crippen LogP contribution in [0.5, 0.6) is 0 Å². The molecule has 3 aliphatic rings. The molecule has 0 aromatic rings. The van der Waals surface area contributed by atoms with Crippen LogP contribution in [-0.2, 0) is 14.3 Å². The largest absolute Gasteiger partial charge is 0.364 e. The van der Waals surface area contributed by atoms with Gasteiger partial charge in [-0.25, -0.2) is 0 Å². The Hall–Kier alpha value is -0.850. The van der Waals surface area contributed by atoms with Gasteiger partial charge in [0.2, 0.25) is 5.91 Å². The number of piperidine rings is 2. The number of carbonyl (C=O) groups excluding carboxylic acids is 2. The van der Waals surface area contributed by atoms with Crippen molar-refractivity contribution in [3.63, 3.8) is 0 Å². The van der Waals surface area contributed by atoms with Crippen molar-refractivity contribution in [3.05, 3.63) is 0 Å². The molecule has 2 amide bonds. The van der Waals surface area contributed by atoms with E-state index in [2.05, 4.69) is 0 Å². The zero-order chi connectivity index (χ0) is 16.2. The van der Waals surface area contributed by atoms with Crippen molar-refractivity contribution in [2.45, 2.75) is 57.2 Å². The predicted octanol–water partition coefficient (Wildman–Crippen LogP) is 1.17. The average molecular weight is 360 g/mol. The topological polar surface area (TPSA) is 75.9 Å². The van der Waals surface area contributed by atoms with E-state index in [4.69, 9.17) is 10.5 Å². The highest BCUT2D eigenvalue weighted by molar-refractivity contribution is 5.85. The third-order valence-electron chi connectivity index (χ3n) is 5.47. The fourth-order valence-electron chi connectivity index (χ4n) is 3.97. The van der Waals surface area contributed by atoms with E-state index in [1.54, 1.807) is 0 Å². The second kappa shape index (κ2) is 9.02. The van der Waals surface area contributed by atoms with E-state index < -0.39 is 0 Å². The summed E-state index contributed by atoms with van der Waals surface area (Å²) in [5.41, 5.74) is 5.61. The highest BCUT2D eigenvalue weighted by Crippen LogP contribution is 2.25. The molecule has 0 radical (unpaired) electrons. The summed E-state index contributed by atoms with van der Waals surface area (Å²) in [6, 6.07) is 0. The number of carbonyl (C=O) groups is 2. The average Bonchev–Trinajstić information content (AvgIpc) is 3.06. The second-order valence-electron chi connectivity index (χ2n) is 7.13. The monoisotopic (exact) mass is 359 g/mol. The minimum atomic E-state index is -0.288. The Balaban J connectivity index is 0.00000208. The number of amides is 2. The molecule has 0 saturated carbocycles. The number of rotatable bonds is 4. The molecular formula is C17H30ClN3O3. The number of hydrogen-bond donors (Lipinski definition) is 1. The van der Waals surface area contributed by atoms with Gasteiger partial charge in [0.25, 0.3) is 5.91 Å². The molecule has 3 saturated heterocycles. The molecule has 7 heteroatoms. The van der Waals surface area contributed by atoms with Crippen LogP contribution in [0.4, 0.5) is 0 Å². The molecule has 0 aromatic carbocycles. The number of halogens is 1. The summed E-state index contributed by atoms with van der Waals surface area (Å²) in [5, 5.41) is 0. The van der Waals surface area contributed by atoms with Gasteiger partial charge in [-0.15, -0.1) is 12.4 Å². The highest BCUT2D eigenvalue weighted by atomic mass is 35.5. The lowest BCUT2D eigenvalue weighted by molar-refractivity contribution is -0.144. The summed E-state index contributed by atoms with van der Waals surface area (Å²) in [5.74, 6) is 0.970. The second-order valence-corrected chi connectivity index (χ2v) is 7.13. The first-order valence-electron chi connectivity index (χ1n) is 9.09. The van der Waals surface area contributed by atoms with Gasteiger partial charge in [-0.2, -0.15) is 0 Å². The molecule has 2 atom stereocenters. The lowest BCUT2D eigenvalue weighted by Crippen LogP contribution is -2.46. The Labute approximate surface area is 150 Å². The smallest absolute Gasteiger partial charge is 0.251 e. The van der Waals surface area contributed by atoms with Crippen molar-refractivity contribution in [2.24, 2.45) is 11.7 Å². The summed E-state index contributed by atoms with van der Waals surface area (Å²) in [4.78, 5) is 28.4. The molecule has 3 aliphatic heterocycles. The number of hydrogen-bond acceptors (Lipinski definition) is 4. The van der Waals surface area contributed by atoms with Crippen LogP contribution in [-0.4, -0.2) is 66.5 Å². The summed E-state index contributed by atoms with van der Waals surface area (Å²) < 4.78 is 5.72. The maximum atomic E-state index is 12.5. The first-order chi connectivity index (χ1) is 11.2. The fraction of sp³-hybridized carbons (Fsp3) is 0.882. The highest BCUT2D eigenvalue weighted by Gasteiger charge is 2.34. The van der Waals surface area contributed by atoms with E-state index in [1.807, 2.05) is 9.80 Å². The van der Waals surface area contributed by atoms with Crippen molar-refractivity contribution in [1.29, 1.82) is 0 Å². The molecule has 24 heavy (non-hydrogen) atoms. The lowest BCUT2D eigenvalue weighted by atomic mass is 9.94. The number of nitrogens with zero attached hydrogens (tertiary/aromatic N) is 2. The third kappa shape index (κ3) is 4.61. The van der Waals surface area contributed by atoms with Gasteiger partial charge in [0, 0.05) is 39.1 Å². The molecule has 3 heterocycles. The van der Waals surface area contributed by atoms with E-state index in [-0.39, 0.29) is 30.5 Å². The Morgan fingerprint density at radius 3 is 2.50 bits per heavy atom. The van der Waals surface area contributed by atoms with Gasteiger partial charge < -0.3 is 20.3 Å². The van der Waals surface area contributed by atoms with Crippen molar-refractivity contribution in [2.75, 3.05) is 32.7 Å². The van der Waals surface area contributed by atoms with Crippen molar-refractivity contribution in [3.8, 4) is 0 Å². The predicted molar refractivity (Wildman–Crippen MR) is 93.9 cm³/mol. The molecule has 0 bridgehead atoms. The summed E-state index contributed by atoms with van der Waals surface area (Å²) >= 11 is 0. The van der Waals surface area contributed by atoms with Crippen LogP contribution < -0.4 is 5.73 Å².